The molecule has 114 valence electrons. The summed E-state index contributed by atoms with van der Waals surface area (Å²) >= 11 is 3.59. The third-order valence-electron chi connectivity index (χ3n) is 3.25. The van der Waals surface area contributed by atoms with Crippen LogP contribution in [-0.2, 0) is 6.54 Å². The molecule has 1 aromatic carbocycles. The van der Waals surface area contributed by atoms with Gasteiger partial charge in [0.15, 0.2) is 11.5 Å². The molecule has 2 rings (SSSR count). The Bertz CT molecular complexity index is 506. The number of terminal acetylenes is 1. The van der Waals surface area contributed by atoms with Crippen LogP contribution in [0.4, 0.5) is 0 Å². The minimum Gasteiger partial charge on any atom is -0.490 e. The molecule has 1 aliphatic carbocycles. The van der Waals surface area contributed by atoms with Crippen molar-refractivity contribution < 1.29 is 9.47 Å². The van der Waals surface area contributed by atoms with E-state index in [0.717, 1.165) is 35.4 Å². The van der Waals surface area contributed by atoms with Gasteiger partial charge in [0.2, 0.25) is 0 Å². The molecule has 0 spiro atoms. The summed E-state index contributed by atoms with van der Waals surface area (Å²) < 4.78 is 12.5. The summed E-state index contributed by atoms with van der Waals surface area (Å²) in [6.45, 7) is 4.06. The van der Waals surface area contributed by atoms with E-state index in [9.17, 15) is 0 Å². The molecule has 0 radical (unpaired) electrons. The van der Waals surface area contributed by atoms with Gasteiger partial charge in [-0.05, 0) is 59.8 Å². The van der Waals surface area contributed by atoms with Gasteiger partial charge < -0.3 is 14.8 Å². The van der Waals surface area contributed by atoms with Gasteiger partial charge in [-0.3, -0.25) is 0 Å². The van der Waals surface area contributed by atoms with Crippen molar-refractivity contribution in [2.24, 2.45) is 0 Å². The molecule has 0 aromatic heterocycles. The Kier molecular flexibility index (Phi) is 6.41. The molecule has 1 saturated carbocycles. The number of halogens is 1. The molecular formula is C17H22BrNO2. The molecule has 1 N–H and O–H groups in total. The Labute approximate surface area is 135 Å². The number of rotatable bonds is 9. The lowest BCUT2D eigenvalue weighted by Gasteiger charge is -2.15. The van der Waals surface area contributed by atoms with Crippen LogP contribution in [0.15, 0.2) is 16.6 Å². The van der Waals surface area contributed by atoms with Crippen molar-refractivity contribution in [1.29, 1.82) is 0 Å². The second-order valence-electron chi connectivity index (χ2n) is 5.15. The lowest BCUT2D eigenvalue weighted by atomic mass is 10.2. The Balaban J connectivity index is 2.04. The number of hydrogen-bond donors (Lipinski definition) is 1. The highest BCUT2D eigenvalue weighted by molar-refractivity contribution is 9.10. The lowest BCUT2D eigenvalue weighted by Crippen LogP contribution is -2.15. The van der Waals surface area contributed by atoms with Gasteiger partial charge in [0.25, 0.3) is 0 Å². The van der Waals surface area contributed by atoms with E-state index in [1.807, 2.05) is 6.92 Å². The number of hydrogen-bond acceptors (Lipinski definition) is 3. The molecular weight excluding hydrogens is 330 g/mol. The van der Waals surface area contributed by atoms with Crippen molar-refractivity contribution >= 4 is 15.9 Å². The first-order chi connectivity index (χ1) is 10.2. The van der Waals surface area contributed by atoms with E-state index in [1.54, 1.807) is 0 Å². The molecule has 4 heteroatoms. The van der Waals surface area contributed by atoms with Gasteiger partial charge in [0.1, 0.15) is 0 Å². The number of benzene rings is 1. The second kappa shape index (κ2) is 8.31. The Morgan fingerprint density at radius 3 is 2.86 bits per heavy atom. The predicted molar refractivity (Wildman–Crippen MR) is 88.7 cm³/mol. The fourth-order valence-electron chi connectivity index (χ4n) is 2.02. The summed E-state index contributed by atoms with van der Waals surface area (Å²) in [5, 5.41) is 3.51. The normalized spacial score (nSPS) is 13.8. The van der Waals surface area contributed by atoms with Crippen molar-refractivity contribution in [2.45, 2.75) is 45.2 Å². The van der Waals surface area contributed by atoms with E-state index in [1.165, 1.54) is 18.4 Å². The highest BCUT2D eigenvalue weighted by atomic mass is 79.9. The molecule has 0 amide bonds. The standard InChI is InChI=1S/C17H22BrNO2/c1-3-5-6-9-21-17-15(18)10-13(11-16(17)20-4-2)12-19-14-7-8-14/h1,10-11,14,19H,4-9,12H2,2H3. The van der Waals surface area contributed by atoms with Crippen LogP contribution in [-0.4, -0.2) is 19.3 Å². The fourth-order valence-corrected chi connectivity index (χ4v) is 2.63. The van der Waals surface area contributed by atoms with E-state index in [0.29, 0.717) is 19.3 Å². The summed E-state index contributed by atoms with van der Waals surface area (Å²) in [7, 11) is 0. The van der Waals surface area contributed by atoms with Crippen LogP contribution in [0.25, 0.3) is 0 Å². The van der Waals surface area contributed by atoms with Gasteiger partial charge in [-0.15, -0.1) is 12.3 Å². The van der Waals surface area contributed by atoms with Gasteiger partial charge in [-0.25, -0.2) is 0 Å². The number of nitrogens with one attached hydrogen (secondary N) is 1. The van der Waals surface area contributed by atoms with E-state index in [2.05, 4.69) is 39.3 Å². The van der Waals surface area contributed by atoms with Crippen LogP contribution in [0.2, 0.25) is 0 Å². The molecule has 21 heavy (non-hydrogen) atoms. The molecule has 0 unspecified atom stereocenters. The summed E-state index contributed by atoms with van der Waals surface area (Å²) in [5.41, 5.74) is 1.20. The minimum absolute atomic E-state index is 0.600. The van der Waals surface area contributed by atoms with E-state index < -0.39 is 0 Å². The van der Waals surface area contributed by atoms with Gasteiger partial charge in [0, 0.05) is 19.0 Å². The predicted octanol–water partition coefficient (Wildman–Crippen LogP) is 3.89. The molecule has 0 atom stereocenters. The maximum atomic E-state index is 5.83. The Hall–Kier alpha value is -1.18. The highest BCUT2D eigenvalue weighted by Gasteiger charge is 2.20. The third-order valence-corrected chi connectivity index (χ3v) is 3.84. The monoisotopic (exact) mass is 351 g/mol. The van der Waals surface area contributed by atoms with Crippen LogP contribution in [0, 0.1) is 12.3 Å². The Morgan fingerprint density at radius 2 is 2.19 bits per heavy atom. The highest BCUT2D eigenvalue weighted by Crippen LogP contribution is 2.37. The molecule has 0 bridgehead atoms. The number of ether oxygens (including phenoxy) is 2. The van der Waals surface area contributed by atoms with Crippen LogP contribution in [0.5, 0.6) is 11.5 Å². The smallest absolute Gasteiger partial charge is 0.175 e. The molecule has 0 heterocycles. The average Bonchev–Trinajstić information content (AvgIpc) is 3.28. The summed E-state index contributed by atoms with van der Waals surface area (Å²) in [6, 6.07) is 4.84. The van der Waals surface area contributed by atoms with Crippen LogP contribution < -0.4 is 14.8 Å². The van der Waals surface area contributed by atoms with Crippen molar-refractivity contribution in [2.75, 3.05) is 13.2 Å². The number of unbranched alkanes of at least 4 members (excludes halogenated alkanes) is 1. The zero-order valence-electron chi connectivity index (χ0n) is 12.5. The molecule has 1 aliphatic rings. The first-order valence-electron chi connectivity index (χ1n) is 7.49. The van der Waals surface area contributed by atoms with Crippen molar-refractivity contribution in [1.82, 2.24) is 5.32 Å². The maximum Gasteiger partial charge on any atom is 0.175 e. The SMILES string of the molecule is C#CCCCOc1c(Br)cc(CNC2CC2)cc1OCC. The fraction of sp³-hybridized carbons (Fsp3) is 0.529. The average molecular weight is 352 g/mol. The first-order valence-corrected chi connectivity index (χ1v) is 8.28. The zero-order valence-corrected chi connectivity index (χ0v) is 14.0. The van der Waals surface area contributed by atoms with Gasteiger partial charge in [-0.2, -0.15) is 0 Å². The zero-order chi connectivity index (χ0) is 15.1. The van der Waals surface area contributed by atoms with Gasteiger partial charge in [0.05, 0.1) is 17.7 Å². The summed E-state index contributed by atoms with van der Waals surface area (Å²) in [5.74, 6) is 4.18. The lowest BCUT2D eigenvalue weighted by molar-refractivity contribution is 0.272. The summed E-state index contributed by atoms with van der Waals surface area (Å²) in [6.07, 6.45) is 9.40. The van der Waals surface area contributed by atoms with Crippen LogP contribution >= 0.6 is 15.9 Å². The van der Waals surface area contributed by atoms with Crippen LogP contribution in [0.1, 0.15) is 38.2 Å². The van der Waals surface area contributed by atoms with E-state index >= 15 is 0 Å². The molecule has 0 saturated heterocycles. The van der Waals surface area contributed by atoms with Crippen molar-refractivity contribution in [3.63, 3.8) is 0 Å². The largest absolute Gasteiger partial charge is 0.490 e. The van der Waals surface area contributed by atoms with Gasteiger partial charge >= 0.3 is 0 Å². The Morgan fingerprint density at radius 1 is 1.38 bits per heavy atom. The summed E-state index contributed by atoms with van der Waals surface area (Å²) in [4.78, 5) is 0. The molecule has 0 aliphatic heterocycles. The molecule has 3 nitrogen and oxygen atoms in total. The van der Waals surface area contributed by atoms with Crippen molar-refractivity contribution in [3.8, 4) is 23.8 Å². The van der Waals surface area contributed by atoms with E-state index in [4.69, 9.17) is 15.9 Å². The molecule has 1 aromatic rings. The maximum absolute atomic E-state index is 5.83. The topological polar surface area (TPSA) is 30.5 Å². The molecule has 1 fully saturated rings. The third kappa shape index (κ3) is 5.26. The van der Waals surface area contributed by atoms with Gasteiger partial charge in [-0.1, -0.05) is 0 Å². The first kappa shape index (κ1) is 16.2. The van der Waals surface area contributed by atoms with Crippen LogP contribution in [0.3, 0.4) is 0 Å². The minimum atomic E-state index is 0.600. The quantitative estimate of drug-likeness (QED) is 0.540. The van der Waals surface area contributed by atoms with E-state index in [-0.39, 0.29) is 0 Å². The second-order valence-corrected chi connectivity index (χ2v) is 6.00. The van der Waals surface area contributed by atoms with Crippen molar-refractivity contribution in [3.05, 3.63) is 22.2 Å².